The van der Waals surface area contributed by atoms with Crippen LogP contribution in [0.25, 0.3) is 0 Å². The molecule has 0 bridgehead atoms. The molecule has 1 atom stereocenters. The van der Waals surface area contributed by atoms with Crippen LogP contribution in [0.2, 0.25) is 0 Å². The molecule has 0 aliphatic heterocycles. The van der Waals surface area contributed by atoms with E-state index in [9.17, 15) is 4.79 Å². The second kappa shape index (κ2) is 6.02. The lowest BCUT2D eigenvalue weighted by Gasteiger charge is -2.08. The van der Waals surface area contributed by atoms with Crippen LogP contribution >= 0.6 is 0 Å². The molecular formula is C15H16N2O. The fourth-order valence-corrected chi connectivity index (χ4v) is 2.13. The highest BCUT2D eigenvalue weighted by Crippen LogP contribution is 2.20. The van der Waals surface area contributed by atoms with Gasteiger partial charge in [-0.1, -0.05) is 24.3 Å². The fraction of sp³-hybridized carbons (Fsp3) is 0.333. The van der Waals surface area contributed by atoms with Crippen molar-refractivity contribution in [1.29, 1.82) is 5.26 Å². The van der Waals surface area contributed by atoms with E-state index in [4.69, 9.17) is 5.26 Å². The molecule has 0 fully saturated rings. The zero-order valence-electron chi connectivity index (χ0n) is 10.2. The van der Waals surface area contributed by atoms with E-state index in [0.29, 0.717) is 24.4 Å². The first-order chi connectivity index (χ1) is 8.78. The monoisotopic (exact) mass is 240 g/mol. The van der Waals surface area contributed by atoms with Gasteiger partial charge in [-0.15, -0.1) is 0 Å². The molecule has 0 aromatic heterocycles. The molecule has 0 saturated carbocycles. The molecule has 1 amide bonds. The van der Waals surface area contributed by atoms with Gasteiger partial charge in [-0.3, -0.25) is 4.79 Å². The van der Waals surface area contributed by atoms with E-state index in [-0.39, 0.29) is 5.91 Å². The van der Waals surface area contributed by atoms with Crippen LogP contribution in [0.3, 0.4) is 0 Å². The van der Waals surface area contributed by atoms with Gasteiger partial charge in [0.1, 0.15) is 0 Å². The molecule has 0 saturated heterocycles. The van der Waals surface area contributed by atoms with Gasteiger partial charge in [-0.25, -0.2) is 0 Å². The van der Waals surface area contributed by atoms with Crippen LogP contribution in [0.15, 0.2) is 36.4 Å². The molecule has 0 spiro atoms. The van der Waals surface area contributed by atoms with Crippen LogP contribution in [0.4, 0.5) is 0 Å². The van der Waals surface area contributed by atoms with Crippen molar-refractivity contribution in [2.45, 2.75) is 25.8 Å². The van der Waals surface area contributed by atoms with Gasteiger partial charge in [0.05, 0.1) is 11.6 Å². The normalized spacial score (nSPS) is 17.4. The van der Waals surface area contributed by atoms with Crippen LogP contribution in [-0.4, -0.2) is 5.91 Å². The fourth-order valence-electron chi connectivity index (χ4n) is 2.13. The lowest BCUT2D eigenvalue weighted by molar-refractivity contribution is -0.121. The summed E-state index contributed by atoms with van der Waals surface area (Å²) in [6, 6.07) is 9.40. The number of rotatable bonds is 4. The standard InChI is InChI=1S/C15H16N2O/c16-10-13-6-3-7-14(8-13)11-17-15(18)9-12-4-1-2-5-12/h1,3-4,6-8,12H,2,5,9,11H2,(H,17,18)/t12-/m0/s1. The van der Waals surface area contributed by atoms with Gasteiger partial charge in [0.15, 0.2) is 0 Å². The summed E-state index contributed by atoms with van der Waals surface area (Å²) in [5.41, 5.74) is 1.59. The maximum absolute atomic E-state index is 11.7. The van der Waals surface area contributed by atoms with Crippen LogP contribution in [0, 0.1) is 17.2 Å². The maximum Gasteiger partial charge on any atom is 0.220 e. The van der Waals surface area contributed by atoms with Crippen molar-refractivity contribution in [3.63, 3.8) is 0 Å². The number of benzene rings is 1. The molecule has 3 heteroatoms. The van der Waals surface area contributed by atoms with Crippen molar-refractivity contribution in [3.05, 3.63) is 47.5 Å². The molecule has 0 unspecified atom stereocenters. The molecule has 92 valence electrons. The molecule has 2 rings (SSSR count). The van der Waals surface area contributed by atoms with E-state index in [1.165, 1.54) is 0 Å². The van der Waals surface area contributed by atoms with Crippen LogP contribution in [-0.2, 0) is 11.3 Å². The number of allylic oxidation sites excluding steroid dienone is 2. The largest absolute Gasteiger partial charge is 0.352 e. The quantitative estimate of drug-likeness (QED) is 0.822. The summed E-state index contributed by atoms with van der Waals surface area (Å²) < 4.78 is 0. The Balaban J connectivity index is 1.81. The number of hydrogen-bond acceptors (Lipinski definition) is 2. The zero-order chi connectivity index (χ0) is 12.8. The molecule has 1 aliphatic rings. The predicted molar refractivity (Wildman–Crippen MR) is 69.5 cm³/mol. The minimum absolute atomic E-state index is 0.0777. The van der Waals surface area contributed by atoms with E-state index < -0.39 is 0 Å². The Labute approximate surface area is 107 Å². The molecule has 0 heterocycles. The number of carbonyl (C=O) groups is 1. The number of nitriles is 1. The Morgan fingerprint density at radius 1 is 1.50 bits per heavy atom. The summed E-state index contributed by atoms with van der Waals surface area (Å²) in [5.74, 6) is 0.476. The summed E-state index contributed by atoms with van der Waals surface area (Å²) in [4.78, 5) is 11.7. The first-order valence-electron chi connectivity index (χ1n) is 6.20. The van der Waals surface area contributed by atoms with Crippen molar-refractivity contribution < 1.29 is 4.79 Å². The smallest absolute Gasteiger partial charge is 0.220 e. The second-order valence-corrected chi connectivity index (χ2v) is 4.56. The minimum atomic E-state index is 0.0777. The van der Waals surface area contributed by atoms with Gasteiger partial charge < -0.3 is 5.32 Å². The molecule has 3 nitrogen and oxygen atoms in total. The van der Waals surface area contributed by atoms with E-state index in [0.717, 1.165) is 18.4 Å². The Kier molecular flexibility index (Phi) is 4.14. The first-order valence-corrected chi connectivity index (χ1v) is 6.20. The van der Waals surface area contributed by atoms with Gasteiger partial charge in [-0.05, 0) is 36.5 Å². The van der Waals surface area contributed by atoms with E-state index in [1.807, 2.05) is 12.1 Å². The van der Waals surface area contributed by atoms with Gasteiger partial charge in [0.2, 0.25) is 5.91 Å². The van der Waals surface area contributed by atoms with E-state index in [1.54, 1.807) is 12.1 Å². The SMILES string of the molecule is N#Cc1cccc(CNC(=O)C[C@H]2C=CCC2)c1. The summed E-state index contributed by atoms with van der Waals surface area (Å²) in [5, 5.41) is 11.7. The highest BCUT2D eigenvalue weighted by atomic mass is 16.1. The van der Waals surface area contributed by atoms with Gasteiger partial charge >= 0.3 is 0 Å². The van der Waals surface area contributed by atoms with Crippen LogP contribution in [0.1, 0.15) is 30.4 Å². The average molecular weight is 240 g/mol. The van der Waals surface area contributed by atoms with Crippen molar-refractivity contribution >= 4 is 5.91 Å². The number of carbonyl (C=O) groups excluding carboxylic acids is 1. The van der Waals surface area contributed by atoms with Crippen molar-refractivity contribution in [1.82, 2.24) is 5.32 Å². The Morgan fingerprint density at radius 2 is 2.39 bits per heavy atom. The Hall–Kier alpha value is -2.08. The zero-order valence-corrected chi connectivity index (χ0v) is 10.2. The van der Waals surface area contributed by atoms with Gasteiger partial charge in [0, 0.05) is 13.0 Å². The van der Waals surface area contributed by atoms with E-state index >= 15 is 0 Å². The van der Waals surface area contributed by atoms with E-state index in [2.05, 4.69) is 23.5 Å². The molecule has 1 aliphatic carbocycles. The van der Waals surface area contributed by atoms with Crippen LogP contribution < -0.4 is 5.32 Å². The minimum Gasteiger partial charge on any atom is -0.352 e. The summed E-state index contributed by atoms with van der Waals surface area (Å²) in [6.45, 7) is 0.491. The summed E-state index contributed by atoms with van der Waals surface area (Å²) in [6.07, 6.45) is 6.98. The Bertz CT molecular complexity index is 499. The number of amides is 1. The summed E-state index contributed by atoms with van der Waals surface area (Å²) >= 11 is 0. The average Bonchev–Trinajstić information content (AvgIpc) is 2.89. The lowest BCUT2D eigenvalue weighted by atomic mass is 10.0. The predicted octanol–water partition coefficient (Wildman–Crippen LogP) is 2.53. The molecule has 1 aromatic rings. The van der Waals surface area contributed by atoms with Gasteiger partial charge in [0.25, 0.3) is 0 Å². The third-order valence-electron chi connectivity index (χ3n) is 3.11. The van der Waals surface area contributed by atoms with Crippen molar-refractivity contribution in [2.75, 3.05) is 0 Å². The third-order valence-corrected chi connectivity index (χ3v) is 3.11. The molecule has 18 heavy (non-hydrogen) atoms. The highest BCUT2D eigenvalue weighted by Gasteiger charge is 2.13. The highest BCUT2D eigenvalue weighted by molar-refractivity contribution is 5.76. The maximum atomic E-state index is 11.7. The van der Waals surface area contributed by atoms with Crippen molar-refractivity contribution in [3.8, 4) is 6.07 Å². The number of nitrogens with zero attached hydrogens (tertiary/aromatic N) is 1. The second-order valence-electron chi connectivity index (χ2n) is 4.56. The van der Waals surface area contributed by atoms with Crippen LogP contribution in [0.5, 0.6) is 0 Å². The number of nitrogens with one attached hydrogen (secondary N) is 1. The number of hydrogen-bond donors (Lipinski definition) is 1. The Morgan fingerprint density at radius 3 is 3.11 bits per heavy atom. The molecule has 1 aromatic carbocycles. The molecular weight excluding hydrogens is 224 g/mol. The first kappa shape index (κ1) is 12.4. The molecule has 1 N–H and O–H groups in total. The third kappa shape index (κ3) is 3.46. The topological polar surface area (TPSA) is 52.9 Å². The van der Waals surface area contributed by atoms with Gasteiger partial charge in [-0.2, -0.15) is 5.26 Å². The van der Waals surface area contributed by atoms with Crippen molar-refractivity contribution in [2.24, 2.45) is 5.92 Å². The summed E-state index contributed by atoms with van der Waals surface area (Å²) in [7, 11) is 0. The molecule has 0 radical (unpaired) electrons. The lowest BCUT2D eigenvalue weighted by Crippen LogP contribution is -2.24.